The number of nitrogens with zero attached hydrogens (tertiary/aromatic N) is 1. The quantitative estimate of drug-likeness (QED) is 0.839. The molecule has 0 aromatic heterocycles. The minimum Gasteiger partial charge on any atom is -0.306 e. The third-order valence-electron chi connectivity index (χ3n) is 3.57. The van der Waals surface area contributed by atoms with E-state index in [-0.39, 0.29) is 6.04 Å². The molecule has 2 rings (SSSR count). The standard InChI is InChI=1S/C15H19ClN2/c1-2-14(9-10-17)18-15(11-3-4-11)12-5-7-13(16)8-6-12/h5-8,11,14-15,18H,2-4,9H2,1H3. The van der Waals surface area contributed by atoms with E-state index < -0.39 is 0 Å². The van der Waals surface area contributed by atoms with Gasteiger partial charge in [0.25, 0.3) is 0 Å². The molecule has 1 fully saturated rings. The van der Waals surface area contributed by atoms with E-state index in [0.717, 1.165) is 17.4 Å². The van der Waals surface area contributed by atoms with Crippen molar-refractivity contribution in [2.45, 2.75) is 44.7 Å². The lowest BCUT2D eigenvalue weighted by atomic mass is 10.00. The predicted octanol–water partition coefficient (Wildman–Crippen LogP) is 4.07. The number of benzene rings is 1. The summed E-state index contributed by atoms with van der Waals surface area (Å²) in [5.74, 6) is 0.721. The third kappa shape index (κ3) is 3.48. The van der Waals surface area contributed by atoms with Gasteiger partial charge in [-0.25, -0.2) is 0 Å². The molecule has 0 spiro atoms. The van der Waals surface area contributed by atoms with Crippen molar-refractivity contribution in [1.82, 2.24) is 5.32 Å². The highest BCUT2D eigenvalue weighted by Gasteiger charge is 2.33. The van der Waals surface area contributed by atoms with E-state index in [2.05, 4.69) is 30.4 Å². The molecule has 0 aliphatic heterocycles. The number of halogens is 1. The Morgan fingerprint density at radius 1 is 1.39 bits per heavy atom. The maximum atomic E-state index is 8.83. The van der Waals surface area contributed by atoms with E-state index in [1.807, 2.05) is 12.1 Å². The molecule has 96 valence electrons. The molecule has 0 radical (unpaired) electrons. The Bertz CT molecular complexity index is 417. The van der Waals surface area contributed by atoms with E-state index in [1.54, 1.807) is 0 Å². The van der Waals surface area contributed by atoms with Gasteiger partial charge in [0.15, 0.2) is 0 Å². The van der Waals surface area contributed by atoms with Crippen molar-refractivity contribution >= 4 is 11.6 Å². The van der Waals surface area contributed by atoms with Gasteiger partial charge in [0.05, 0.1) is 12.5 Å². The van der Waals surface area contributed by atoms with Crippen LogP contribution in [0, 0.1) is 17.2 Å². The second-order valence-corrected chi connectivity index (χ2v) is 5.44. The maximum absolute atomic E-state index is 8.83. The Morgan fingerprint density at radius 3 is 2.56 bits per heavy atom. The van der Waals surface area contributed by atoms with E-state index in [9.17, 15) is 0 Å². The van der Waals surface area contributed by atoms with Crippen LogP contribution in [0.25, 0.3) is 0 Å². The van der Waals surface area contributed by atoms with Crippen molar-refractivity contribution in [3.63, 3.8) is 0 Å². The number of nitriles is 1. The fourth-order valence-electron chi connectivity index (χ4n) is 2.29. The van der Waals surface area contributed by atoms with E-state index in [4.69, 9.17) is 16.9 Å². The summed E-state index contributed by atoms with van der Waals surface area (Å²) in [6.45, 7) is 2.13. The van der Waals surface area contributed by atoms with Crippen LogP contribution in [-0.4, -0.2) is 6.04 Å². The highest BCUT2D eigenvalue weighted by Crippen LogP contribution is 2.41. The Hall–Kier alpha value is -1.04. The van der Waals surface area contributed by atoms with Crippen LogP contribution >= 0.6 is 11.6 Å². The summed E-state index contributed by atoms with van der Waals surface area (Å²) in [6, 6.07) is 11.0. The second kappa shape index (κ2) is 6.22. The molecule has 0 heterocycles. The highest BCUT2D eigenvalue weighted by molar-refractivity contribution is 6.30. The van der Waals surface area contributed by atoms with Crippen LogP contribution < -0.4 is 5.32 Å². The number of hydrogen-bond donors (Lipinski definition) is 1. The van der Waals surface area contributed by atoms with Crippen molar-refractivity contribution in [2.75, 3.05) is 0 Å². The van der Waals surface area contributed by atoms with Gasteiger partial charge in [-0.1, -0.05) is 30.7 Å². The molecule has 1 aliphatic carbocycles. The Morgan fingerprint density at radius 2 is 2.06 bits per heavy atom. The molecule has 1 aliphatic rings. The van der Waals surface area contributed by atoms with Gasteiger partial charge in [-0.15, -0.1) is 0 Å². The summed E-state index contributed by atoms with van der Waals surface area (Å²) in [5.41, 5.74) is 1.29. The Balaban J connectivity index is 2.08. The lowest BCUT2D eigenvalue weighted by Gasteiger charge is -2.24. The molecule has 0 bridgehead atoms. The van der Waals surface area contributed by atoms with Crippen molar-refractivity contribution in [1.29, 1.82) is 5.26 Å². The summed E-state index contributed by atoms with van der Waals surface area (Å²) >= 11 is 5.93. The van der Waals surface area contributed by atoms with Gasteiger partial charge in [-0.2, -0.15) is 5.26 Å². The lowest BCUT2D eigenvalue weighted by Crippen LogP contribution is -2.33. The van der Waals surface area contributed by atoms with Crippen molar-refractivity contribution < 1.29 is 0 Å². The monoisotopic (exact) mass is 262 g/mol. The molecule has 1 saturated carbocycles. The first kappa shape index (κ1) is 13.4. The highest BCUT2D eigenvalue weighted by atomic mass is 35.5. The summed E-state index contributed by atoms with van der Waals surface area (Å²) < 4.78 is 0. The number of nitrogens with one attached hydrogen (secondary N) is 1. The first-order valence-electron chi connectivity index (χ1n) is 6.63. The molecule has 1 N–H and O–H groups in total. The fourth-order valence-corrected chi connectivity index (χ4v) is 2.42. The molecule has 18 heavy (non-hydrogen) atoms. The van der Waals surface area contributed by atoms with Crippen LogP contribution in [0.2, 0.25) is 5.02 Å². The normalized spacial score (nSPS) is 18.1. The van der Waals surface area contributed by atoms with Crippen LogP contribution in [-0.2, 0) is 0 Å². The van der Waals surface area contributed by atoms with Crippen LogP contribution in [0.15, 0.2) is 24.3 Å². The van der Waals surface area contributed by atoms with Crippen LogP contribution in [0.1, 0.15) is 44.2 Å². The second-order valence-electron chi connectivity index (χ2n) is 5.00. The SMILES string of the molecule is CCC(CC#N)NC(c1ccc(Cl)cc1)C1CC1. The zero-order valence-corrected chi connectivity index (χ0v) is 11.5. The summed E-state index contributed by atoms with van der Waals surface area (Å²) in [5, 5.41) is 13.2. The van der Waals surface area contributed by atoms with Crippen LogP contribution in [0.5, 0.6) is 0 Å². The minimum atomic E-state index is 0.288. The largest absolute Gasteiger partial charge is 0.306 e. The maximum Gasteiger partial charge on any atom is 0.0638 e. The zero-order valence-electron chi connectivity index (χ0n) is 10.7. The molecule has 2 nitrogen and oxygen atoms in total. The zero-order chi connectivity index (χ0) is 13.0. The predicted molar refractivity (Wildman–Crippen MR) is 74.4 cm³/mol. The van der Waals surface area contributed by atoms with E-state index in [1.165, 1.54) is 18.4 Å². The Labute approximate surface area is 114 Å². The molecule has 1 aromatic rings. The number of hydrogen-bond acceptors (Lipinski definition) is 2. The topological polar surface area (TPSA) is 35.8 Å². The van der Waals surface area contributed by atoms with Gasteiger partial charge in [0, 0.05) is 17.1 Å². The molecule has 0 saturated heterocycles. The third-order valence-corrected chi connectivity index (χ3v) is 3.82. The van der Waals surface area contributed by atoms with E-state index >= 15 is 0 Å². The van der Waals surface area contributed by atoms with Gasteiger partial charge in [0.2, 0.25) is 0 Å². The van der Waals surface area contributed by atoms with Gasteiger partial charge in [-0.05, 0) is 42.9 Å². The minimum absolute atomic E-state index is 0.288. The van der Waals surface area contributed by atoms with Gasteiger partial charge in [0.1, 0.15) is 0 Å². The van der Waals surface area contributed by atoms with Crippen molar-refractivity contribution in [2.24, 2.45) is 5.92 Å². The van der Waals surface area contributed by atoms with Gasteiger partial charge < -0.3 is 5.32 Å². The summed E-state index contributed by atoms with van der Waals surface area (Å²) in [6.07, 6.45) is 4.13. The summed E-state index contributed by atoms with van der Waals surface area (Å²) in [4.78, 5) is 0. The molecular weight excluding hydrogens is 244 g/mol. The molecule has 0 amide bonds. The van der Waals surface area contributed by atoms with Crippen molar-refractivity contribution in [3.8, 4) is 6.07 Å². The average Bonchev–Trinajstić information content (AvgIpc) is 3.20. The molecule has 1 aromatic carbocycles. The lowest BCUT2D eigenvalue weighted by molar-refractivity contribution is 0.397. The van der Waals surface area contributed by atoms with Crippen LogP contribution in [0.3, 0.4) is 0 Å². The van der Waals surface area contributed by atoms with Gasteiger partial charge in [-0.3, -0.25) is 0 Å². The molecule has 2 atom stereocenters. The first-order valence-corrected chi connectivity index (χ1v) is 7.00. The summed E-state index contributed by atoms with van der Waals surface area (Å²) in [7, 11) is 0. The fraction of sp³-hybridized carbons (Fsp3) is 0.533. The molecule has 3 heteroatoms. The average molecular weight is 263 g/mol. The van der Waals surface area contributed by atoms with Crippen LogP contribution in [0.4, 0.5) is 0 Å². The van der Waals surface area contributed by atoms with Crippen molar-refractivity contribution in [3.05, 3.63) is 34.9 Å². The first-order chi connectivity index (χ1) is 8.74. The molecular formula is C15H19ClN2. The van der Waals surface area contributed by atoms with Gasteiger partial charge >= 0.3 is 0 Å². The number of rotatable bonds is 6. The molecule has 2 unspecified atom stereocenters. The van der Waals surface area contributed by atoms with E-state index in [0.29, 0.717) is 12.5 Å². The smallest absolute Gasteiger partial charge is 0.0638 e. The Kier molecular flexibility index (Phi) is 4.63.